The van der Waals surface area contributed by atoms with E-state index >= 15 is 0 Å². The zero-order valence-electron chi connectivity index (χ0n) is 24.6. The van der Waals surface area contributed by atoms with Crippen LogP contribution in [0.3, 0.4) is 0 Å². The van der Waals surface area contributed by atoms with Crippen molar-refractivity contribution in [2.24, 2.45) is 0 Å². The third-order valence-electron chi connectivity index (χ3n) is 7.02. The maximum Gasteiger partial charge on any atom is 0.0858 e. The summed E-state index contributed by atoms with van der Waals surface area (Å²) in [7, 11) is 13.7. The molecule has 0 rings (SSSR count). The van der Waals surface area contributed by atoms with E-state index in [2.05, 4.69) is 37.9 Å². The van der Waals surface area contributed by atoms with E-state index in [0.717, 1.165) is 19.3 Å². The van der Waals surface area contributed by atoms with Crippen LogP contribution in [0, 0.1) is 0 Å². The normalized spacial score (nSPS) is 15.3. The predicted molar refractivity (Wildman–Crippen MR) is 160 cm³/mol. The lowest BCUT2D eigenvalue weighted by molar-refractivity contribution is -0.0979. The summed E-state index contributed by atoms with van der Waals surface area (Å²) in [6, 6.07) is 0. The van der Waals surface area contributed by atoms with Crippen molar-refractivity contribution in [3.05, 3.63) is 0 Å². The second-order valence-electron chi connectivity index (χ2n) is 10.2. The Kier molecular flexibility index (Phi) is 28.1. The van der Waals surface area contributed by atoms with Gasteiger partial charge in [-0.3, -0.25) is 0 Å². The number of hydrogen-bond acceptors (Lipinski definition) is 6. The van der Waals surface area contributed by atoms with Gasteiger partial charge in [0.25, 0.3) is 0 Å². The smallest absolute Gasteiger partial charge is 0.0858 e. The molecule has 4 atom stereocenters. The topological polar surface area (TPSA) is 43.4 Å². The molecule has 35 heavy (non-hydrogen) atoms. The van der Waals surface area contributed by atoms with Crippen molar-refractivity contribution in [3.8, 4) is 0 Å². The van der Waals surface area contributed by atoms with Gasteiger partial charge in [-0.2, -0.15) is 0 Å². The van der Waals surface area contributed by atoms with Gasteiger partial charge in [-0.15, -0.1) is 24.0 Å². The minimum absolute atomic E-state index is 0. The standard InChI is InChI=1S/C28H60N2O4.HI/c1-9-10-15-19-25(31-5)27(33-7)24-28(34-8)26(32-6)20-16-13-11-12-14-17-22-30(4)23-18-21-29(2)3;/h25-28H,9-24H2,1-8H3;1H. The van der Waals surface area contributed by atoms with Gasteiger partial charge in [-0.1, -0.05) is 58.3 Å². The van der Waals surface area contributed by atoms with E-state index in [4.69, 9.17) is 18.9 Å². The molecular formula is C28H61IN2O4. The molecule has 0 spiro atoms. The fourth-order valence-electron chi connectivity index (χ4n) is 4.74. The van der Waals surface area contributed by atoms with E-state index in [1.54, 1.807) is 21.3 Å². The molecule has 0 aromatic rings. The lowest BCUT2D eigenvalue weighted by atomic mass is 9.96. The first-order chi connectivity index (χ1) is 16.4. The quantitative estimate of drug-likeness (QED) is 0.0893. The van der Waals surface area contributed by atoms with Crippen molar-refractivity contribution in [1.29, 1.82) is 0 Å². The van der Waals surface area contributed by atoms with Gasteiger partial charge in [0, 0.05) is 34.9 Å². The predicted octanol–water partition coefficient (Wildman–Crippen LogP) is 6.25. The van der Waals surface area contributed by atoms with Gasteiger partial charge >= 0.3 is 0 Å². The summed E-state index contributed by atoms with van der Waals surface area (Å²) >= 11 is 0. The van der Waals surface area contributed by atoms with Gasteiger partial charge < -0.3 is 28.7 Å². The van der Waals surface area contributed by atoms with Crippen molar-refractivity contribution < 1.29 is 18.9 Å². The average molecular weight is 617 g/mol. The fraction of sp³-hybridized carbons (Fsp3) is 1.00. The summed E-state index contributed by atoms with van der Waals surface area (Å²) in [5.74, 6) is 0. The van der Waals surface area contributed by atoms with Crippen LogP contribution < -0.4 is 0 Å². The molecule has 0 aromatic carbocycles. The highest BCUT2D eigenvalue weighted by molar-refractivity contribution is 14.0. The van der Waals surface area contributed by atoms with E-state index in [0.29, 0.717) is 0 Å². The minimum atomic E-state index is 0. The lowest BCUT2D eigenvalue weighted by Gasteiger charge is -2.31. The number of nitrogens with zero attached hydrogens (tertiary/aromatic N) is 2. The zero-order chi connectivity index (χ0) is 25.6. The summed E-state index contributed by atoms with van der Waals surface area (Å²) < 4.78 is 23.3. The van der Waals surface area contributed by atoms with Crippen molar-refractivity contribution >= 4 is 24.0 Å². The molecule has 0 N–H and O–H groups in total. The Morgan fingerprint density at radius 1 is 0.514 bits per heavy atom. The monoisotopic (exact) mass is 616 g/mol. The van der Waals surface area contributed by atoms with Crippen LogP contribution in [0.2, 0.25) is 0 Å². The molecule has 214 valence electrons. The molecule has 4 unspecified atom stereocenters. The van der Waals surface area contributed by atoms with E-state index in [-0.39, 0.29) is 48.4 Å². The Bertz CT molecular complexity index is 432. The van der Waals surface area contributed by atoms with Gasteiger partial charge in [0.15, 0.2) is 0 Å². The molecule has 0 aromatic heterocycles. The van der Waals surface area contributed by atoms with Crippen molar-refractivity contribution in [1.82, 2.24) is 9.80 Å². The summed E-state index contributed by atoms with van der Waals surface area (Å²) in [5.41, 5.74) is 0. The van der Waals surface area contributed by atoms with Crippen molar-refractivity contribution in [3.63, 3.8) is 0 Å². The maximum atomic E-state index is 5.86. The largest absolute Gasteiger partial charge is 0.379 e. The molecule has 0 fully saturated rings. The first kappa shape index (κ1) is 37.6. The third kappa shape index (κ3) is 20.2. The molecule has 0 aliphatic carbocycles. The highest BCUT2D eigenvalue weighted by Crippen LogP contribution is 2.22. The Hall–Kier alpha value is 0.490. The van der Waals surface area contributed by atoms with Crippen LogP contribution in [-0.4, -0.2) is 103 Å². The summed E-state index contributed by atoms with van der Waals surface area (Å²) in [6.45, 7) is 5.82. The van der Waals surface area contributed by atoms with E-state index in [9.17, 15) is 0 Å². The molecule has 0 radical (unpaired) electrons. The number of ether oxygens (including phenoxy) is 4. The number of rotatable bonds is 25. The molecule has 7 heteroatoms. The number of hydrogen-bond donors (Lipinski definition) is 0. The maximum absolute atomic E-state index is 5.86. The first-order valence-corrected chi connectivity index (χ1v) is 13.9. The number of halogens is 1. The minimum Gasteiger partial charge on any atom is -0.379 e. The van der Waals surface area contributed by atoms with Gasteiger partial charge in [-0.25, -0.2) is 0 Å². The van der Waals surface area contributed by atoms with Crippen LogP contribution in [0.1, 0.15) is 90.4 Å². The van der Waals surface area contributed by atoms with Crippen LogP contribution in [0.25, 0.3) is 0 Å². The summed E-state index contributed by atoms with van der Waals surface area (Å²) in [5, 5.41) is 0. The molecule has 0 bridgehead atoms. The molecular weight excluding hydrogens is 555 g/mol. The highest BCUT2D eigenvalue weighted by Gasteiger charge is 2.29. The van der Waals surface area contributed by atoms with Crippen LogP contribution in [0.5, 0.6) is 0 Å². The fourth-order valence-corrected chi connectivity index (χ4v) is 4.74. The molecule has 0 saturated heterocycles. The molecule has 0 aliphatic rings. The molecule has 6 nitrogen and oxygen atoms in total. The molecule has 0 aliphatic heterocycles. The van der Waals surface area contributed by atoms with Crippen LogP contribution in [-0.2, 0) is 18.9 Å². The van der Waals surface area contributed by atoms with Crippen molar-refractivity contribution in [2.75, 3.05) is 69.2 Å². The van der Waals surface area contributed by atoms with Crippen molar-refractivity contribution in [2.45, 2.75) is 115 Å². The lowest BCUT2D eigenvalue weighted by Crippen LogP contribution is -2.39. The average Bonchev–Trinajstić information content (AvgIpc) is 2.82. The van der Waals surface area contributed by atoms with Crippen LogP contribution in [0.4, 0.5) is 0 Å². The zero-order valence-corrected chi connectivity index (χ0v) is 26.9. The Balaban J connectivity index is 0. The van der Waals surface area contributed by atoms with Gasteiger partial charge in [-0.05, 0) is 66.5 Å². The van der Waals surface area contributed by atoms with E-state index in [1.165, 1.54) is 83.8 Å². The van der Waals surface area contributed by atoms with E-state index < -0.39 is 0 Å². The SMILES string of the molecule is CCCCCC(OC)C(CC(OC)C(CCCCCCCCN(C)CCCN(C)C)OC)OC.I. The second-order valence-corrected chi connectivity index (χ2v) is 10.2. The van der Waals surface area contributed by atoms with E-state index in [1.807, 2.05) is 7.11 Å². The molecule has 0 heterocycles. The van der Waals surface area contributed by atoms with Crippen LogP contribution >= 0.6 is 24.0 Å². The number of methoxy groups -OCH3 is 4. The first-order valence-electron chi connectivity index (χ1n) is 13.9. The second kappa shape index (κ2) is 26.1. The third-order valence-corrected chi connectivity index (χ3v) is 7.02. The van der Waals surface area contributed by atoms with Crippen LogP contribution in [0.15, 0.2) is 0 Å². The molecule has 0 saturated carbocycles. The Morgan fingerprint density at radius 3 is 1.40 bits per heavy atom. The summed E-state index contributed by atoms with van der Waals surface area (Å²) in [4.78, 5) is 4.74. The number of unbranched alkanes of at least 4 members (excludes halogenated alkanes) is 7. The Morgan fingerprint density at radius 2 is 0.943 bits per heavy atom. The van der Waals surface area contributed by atoms with Gasteiger partial charge in [0.05, 0.1) is 24.4 Å². The highest BCUT2D eigenvalue weighted by atomic mass is 127. The van der Waals surface area contributed by atoms with Gasteiger partial charge in [0.2, 0.25) is 0 Å². The Labute approximate surface area is 236 Å². The summed E-state index contributed by atoms with van der Waals surface area (Å²) in [6.07, 6.45) is 15.7. The molecule has 0 amide bonds. The van der Waals surface area contributed by atoms with Gasteiger partial charge in [0.1, 0.15) is 0 Å².